The van der Waals surface area contributed by atoms with Crippen LogP contribution in [0.5, 0.6) is 11.5 Å². The number of fused-ring (bicyclic) bond motifs is 2. The third-order valence-corrected chi connectivity index (χ3v) is 9.23. The van der Waals surface area contributed by atoms with Crippen molar-refractivity contribution in [2.45, 2.75) is 55.3 Å². The van der Waals surface area contributed by atoms with Crippen LogP contribution >= 0.6 is 0 Å². The van der Waals surface area contributed by atoms with Crippen molar-refractivity contribution in [1.82, 2.24) is 14.9 Å². The van der Waals surface area contributed by atoms with Gasteiger partial charge in [0.2, 0.25) is 0 Å². The second-order valence-corrected chi connectivity index (χ2v) is 10.9. The SMILES string of the molecule is Oc1ccc2c3c1O[C@H]1c4ncnc(-c5ccccc5)c4C[C@@]4(O)[C@H](C2)N(CC2CC2)CC[C@]314. The first-order valence-electron chi connectivity index (χ1n) is 12.5. The smallest absolute Gasteiger partial charge is 0.166 e. The van der Waals surface area contributed by atoms with Gasteiger partial charge in [-0.3, -0.25) is 4.90 Å². The van der Waals surface area contributed by atoms with E-state index < -0.39 is 17.1 Å². The number of phenolic OH excluding ortho intramolecular Hbond substituents is 1. The van der Waals surface area contributed by atoms with Gasteiger partial charge < -0.3 is 14.9 Å². The van der Waals surface area contributed by atoms with Crippen LogP contribution in [-0.4, -0.2) is 49.8 Å². The molecule has 3 aliphatic carbocycles. The fraction of sp³-hybridized carbons (Fsp3) is 0.429. The quantitative estimate of drug-likeness (QED) is 0.632. The Morgan fingerprint density at radius 1 is 1.09 bits per heavy atom. The number of ether oxygens (including phenoxy) is 1. The fourth-order valence-corrected chi connectivity index (χ4v) is 7.59. The van der Waals surface area contributed by atoms with Gasteiger partial charge in [0.1, 0.15) is 6.33 Å². The summed E-state index contributed by atoms with van der Waals surface area (Å²) in [7, 11) is 0. The number of rotatable bonds is 3. The molecule has 1 saturated heterocycles. The van der Waals surface area contributed by atoms with Crippen molar-refractivity contribution in [1.29, 1.82) is 0 Å². The number of hydrogen-bond acceptors (Lipinski definition) is 6. The number of aliphatic hydroxyl groups is 1. The molecule has 2 aromatic carbocycles. The van der Waals surface area contributed by atoms with E-state index in [0.717, 1.165) is 59.9 Å². The van der Waals surface area contributed by atoms with Crippen LogP contribution in [0.4, 0.5) is 0 Å². The maximum Gasteiger partial charge on any atom is 0.166 e. The van der Waals surface area contributed by atoms with Crippen molar-refractivity contribution in [3.63, 3.8) is 0 Å². The lowest BCUT2D eigenvalue weighted by Gasteiger charge is -2.63. The molecule has 3 aromatic rings. The Morgan fingerprint density at radius 2 is 1.94 bits per heavy atom. The fourth-order valence-electron chi connectivity index (χ4n) is 7.59. The lowest BCUT2D eigenvalue weighted by molar-refractivity contribution is -0.173. The average molecular weight is 454 g/mol. The number of likely N-dealkylation sites (tertiary alicyclic amines) is 1. The third kappa shape index (κ3) is 2.24. The van der Waals surface area contributed by atoms with E-state index in [1.807, 2.05) is 24.3 Å². The van der Waals surface area contributed by atoms with Crippen LogP contribution in [0.3, 0.4) is 0 Å². The van der Waals surface area contributed by atoms with Crippen LogP contribution in [0, 0.1) is 5.92 Å². The minimum absolute atomic E-state index is 0.00734. The van der Waals surface area contributed by atoms with Crippen LogP contribution in [0.25, 0.3) is 11.3 Å². The van der Waals surface area contributed by atoms with Gasteiger partial charge in [0.05, 0.1) is 22.4 Å². The van der Waals surface area contributed by atoms with Gasteiger partial charge in [0, 0.05) is 35.7 Å². The van der Waals surface area contributed by atoms with E-state index >= 15 is 0 Å². The van der Waals surface area contributed by atoms with E-state index in [4.69, 9.17) is 9.72 Å². The van der Waals surface area contributed by atoms with E-state index in [1.165, 1.54) is 18.4 Å². The maximum atomic E-state index is 12.9. The zero-order valence-electron chi connectivity index (χ0n) is 18.9. The predicted molar refractivity (Wildman–Crippen MR) is 126 cm³/mol. The largest absolute Gasteiger partial charge is 0.504 e. The third-order valence-electron chi connectivity index (χ3n) is 9.23. The van der Waals surface area contributed by atoms with Crippen molar-refractivity contribution >= 4 is 0 Å². The topological polar surface area (TPSA) is 78.7 Å². The summed E-state index contributed by atoms with van der Waals surface area (Å²) in [5.74, 6) is 1.45. The number of benzene rings is 2. The second-order valence-electron chi connectivity index (χ2n) is 10.9. The Hall–Kier alpha value is -2.96. The molecule has 5 aliphatic rings. The normalized spacial score (nSPS) is 32.6. The summed E-state index contributed by atoms with van der Waals surface area (Å²) in [5, 5.41) is 23.7. The van der Waals surface area contributed by atoms with Gasteiger partial charge in [0.15, 0.2) is 17.6 Å². The molecule has 0 unspecified atom stereocenters. The van der Waals surface area contributed by atoms with E-state index in [1.54, 1.807) is 12.4 Å². The van der Waals surface area contributed by atoms with E-state index in [2.05, 4.69) is 22.0 Å². The minimum Gasteiger partial charge on any atom is -0.504 e. The monoisotopic (exact) mass is 453 g/mol. The van der Waals surface area contributed by atoms with Crippen LogP contribution in [0.15, 0.2) is 48.8 Å². The molecule has 1 saturated carbocycles. The van der Waals surface area contributed by atoms with E-state index in [9.17, 15) is 10.2 Å². The molecule has 6 nitrogen and oxygen atoms in total. The highest BCUT2D eigenvalue weighted by atomic mass is 16.5. The molecule has 8 rings (SSSR count). The summed E-state index contributed by atoms with van der Waals surface area (Å²) in [4.78, 5) is 12.0. The Bertz CT molecular complexity index is 1340. The number of phenols is 1. The van der Waals surface area contributed by atoms with Crippen LogP contribution in [-0.2, 0) is 18.3 Å². The molecule has 3 heterocycles. The number of piperidine rings is 1. The summed E-state index contributed by atoms with van der Waals surface area (Å²) in [6.07, 6.45) is 5.84. The highest BCUT2D eigenvalue weighted by Gasteiger charge is 2.73. The van der Waals surface area contributed by atoms with Gasteiger partial charge >= 0.3 is 0 Å². The van der Waals surface area contributed by atoms with Crippen LogP contribution in [0.1, 0.15) is 47.8 Å². The maximum absolute atomic E-state index is 12.9. The molecule has 2 bridgehead atoms. The van der Waals surface area contributed by atoms with Crippen molar-refractivity contribution in [3.05, 3.63) is 71.2 Å². The van der Waals surface area contributed by atoms with Crippen molar-refractivity contribution in [2.75, 3.05) is 13.1 Å². The number of nitrogens with zero attached hydrogens (tertiary/aromatic N) is 3. The van der Waals surface area contributed by atoms with Crippen molar-refractivity contribution < 1.29 is 14.9 Å². The molecule has 2 fully saturated rings. The predicted octanol–water partition coefficient (Wildman–Crippen LogP) is 3.55. The van der Waals surface area contributed by atoms with Crippen LogP contribution in [0.2, 0.25) is 0 Å². The first-order chi connectivity index (χ1) is 16.6. The second kappa shape index (κ2) is 6.37. The molecule has 0 radical (unpaired) electrons. The minimum atomic E-state index is -1.02. The average Bonchev–Trinajstić information content (AvgIpc) is 3.59. The van der Waals surface area contributed by atoms with Gasteiger partial charge in [-0.25, -0.2) is 9.97 Å². The molecular formula is C28H27N3O3. The summed E-state index contributed by atoms with van der Waals surface area (Å²) in [6, 6.07) is 14.0. The number of hydrogen-bond donors (Lipinski definition) is 2. The molecule has 1 aromatic heterocycles. The molecule has 4 atom stereocenters. The summed E-state index contributed by atoms with van der Waals surface area (Å²) >= 11 is 0. The Morgan fingerprint density at radius 3 is 2.76 bits per heavy atom. The molecule has 172 valence electrons. The Balaban J connectivity index is 1.39. The number of aromatic hydroxyl groups is 1. The molecule has 6 heteroatoms. The van der Waals surface area contributed by atoms with Crippen molar-refractivity contribution in [2.24, 2.45) is 5.92 Å². The molecule has 2 N–H and O–H groups in total. The standard InChI is InChI=1S/C28H27N3O3/c32-20-9-8-18-12-21-28(33)13-19-23(17-4-2-1-3-5-17)29-15-30-24(19)26-27(28,22(18)25(20)34-26)10-11-31(21)14-16-6-7-16/h1-5,8-9,15-16,21,26,32-33H,6-7,10-14H2/t21-,26-,27-,28+/m0/s1. The highest BCUT2D eigenvalue weighted by molar-refractivity contribution is 5.69. The van der Waals surface area contributed by atoms with Gasteiger partial charge in [-0.05, 0) is 49.8 Å². The number of aromatic nitrogens is 2. The summed E-state index contributed by atoms with van der Waals surface area (Å²) < 4.78 is 6.60. The Labute approximate surface area is 198 Å². The van der Waals surface area contributed by atoms with E-state index in [-0.39, 0.29) is 11.8 Å². The highest BCUT2D eigenvalue weighted by Crippen LogP contribution is 2.68. The summed E-state index contributed by atoms with van der Waals surface area (Å²) in [6.45, 7) is 1.99. The van der Waals surface area contributed by atoms with Crippen molar-refractivity contribution in [3.8, 4) is 22.8 Å². The molecule has 34 heavy (non-hydrogen) atoms. The summed E-state index contributed by atoms with van der Waals surface area (Å²) in [5.41, 5.74) is 4.33. The first-order valence-corrected chi connectivity index (χ1v) is 12.5. The first kappa shape index (κ1) is 19.4. The zero-order chi connectivity index (χ0) is 22.7. The van der Waals surface area contributed by atoms with Gasteiger partial charge in [-0.15, -0.1) is 0 Å². The van der Waals surface area contributed by atoms with Gasteiger partial charge in [-0.1, -0.05) is 36.4 Å². The lowest BCUT2D eigenvalue weighted by Crippen LogP contribution is -2.74. The molecule has 1 spiro atoms. The Kier molecular flexibility index (Phi) is 3.63. The zero-order valence-corrected chi connectivity index (χ0v) is 18.9. The van der Waals surface area contributed by atoms with Gasteiger partial charge in [-0.2, -0.15) is 0 Å². The van der Waals surface area contributed by atoms with Crippen LogP contribution < -0.4 is 4.74 Å². The van der Waals surface area contributed by atoms with E-state index in [0.29, 0.717) is 12.2 Å². The molecule has 2 aliphatic heterocycles. The van der Waals surface area contributed by atoms with Gasteiger partial charge in [0.25, 0.3) is 0 Å². The molecular weight excluding hydrogens is 426 g/mol. The molecule has 0 amide bonds. The lowest BCUT2D eigenvalue weighted by atomic mass is 9.48.